The maximum absolute atomic E-state index is 13.8. The molecule has 0 saturated carbocycles. The summed E-state index contributed by atoms with van der Waals surface area (Å²) in [5.74, 6) is 1.10. The van der Waals surface area contributed by atoms with Crippen molar-refractivity contribution in [3.8, 4) is 28.4 Å². The molecule has 0 aliphatic carbocycles. The van der Waals surface area contributed by atoms with Crippen LogP contribution in [-0.4, -0.2) is 53.4 Å². The van der Waals surface area contributed by atoms with Crippen LogP contribution in [0.25, 0.3) is 16.9 Å². The predicted octanol–water partition coefficient (Wildman–Crippen LogP) is 4.14. The minimum absolute atomic E-state index is 0.0677. The van der Waals surface area contributed by atoms with Crippen LogP contribution in [0.4, 0.5) is 0 Å². The third-order valence-electron chi connectivity index (χ3n) is 6.13. The van der Waals surface area contributed by atoms with Gasteiger partial charge in [0, 0.05) is 36.2 Å². The summed E-state index contributed by atoms with van der Waals surface area (Å²) < 4.78 is 40.5. The van der Waals surface area contributed by atoms with E-state index >= 15 is 0 Å². The Bertz CT molecular complexity index is 1230. The number of likely N-dealkylation sites (tertiary alicyclic amines) is 1. The molecule has 1 fully saturated rings. The summed E-state index contributed by atoms with van der Waals surface area (Å²) in [5, 5.41) is 8.70. The molecule has 8 heteroatoms. The highest BCUT2D eigenvalue weighted by atomic mass is 32.1. The second-order valence-corrected chi connectivity index (χ2v) is 8.85. The number of rotatable bonds is 5. The van der Waals surface area contributed by atoms with Crippen LogP contribution in [-0.2, 0) is 11.3 Å². The number of amides is 1. The fourth-order valence-corrected chi connectivity index (χ4v) is 5.11. The molecule has 1 aromatic carbocycles. The smallest absolute Gasteiger partial charge is 0.275 e. The number of thiophene rings is 1. The Hall–Kier alpha value is -2.84. The zero-order valence-corrected chi connectivity index (χ0v) is 18.2. The third-order valence-corrected chi connectivity index (χ3v) is 6.80. The van der Waals surface area contributed by atoms with Gasteiger partial charge in [-0.05, 0) is 43.3 Å². The van der Waals surface area contributed by atoms with Gasteiger partial charge in [-0.2, -0.15) is 16.4 Å². The number of fused-ring (bicyclic) bond motifs is 3. The van der Waals surface area contributed by atoms with Gasteiger partial charge >= 0.3 is 0 Å². The molecule has 5 rings (SSSR count). The molecule has 2 aliphatic heterocycles. The standard InChI is InChI=1S/C23H25N3O4S/c1-23(14-28-2)8-4-9-25(23)22(27)20-18-12-30-19-11-16(29-3)5-6-17(19)21(18)26(24-20)15-7-10-31-13-15/h5-7,10-11,13H,4,8-9,12,14H2,1-3H3/i2D3. The first-order chi connectivity index (χ1) is 16.2. The molecular weight excluding hydrogens is 414 g/mol. The lowest BCUT2D eigenvalue weighted by atomic mass is 9.98. The number of ether oxygens (including phenoxy) is 3. The fraction of sp³-hybridized carbons (Fsp3) is 0.391. The summed E-state index contributed by atoms with van der Waals surface area (Å²) in [6, 6.07) is 7.55. The lowest BCUT2D eigenvalue weighted by molar-refractivity contribution is 0.0359. The van der Waals surface area contributed by atoms with Gasteiger partial charge in [0.2, 0.25) is 0 Å². The second kappa shape index (κ2) is 7.69. The van der Waals surface area contributed by atoms with Crippen molar-refractivity contribution in [2.75, 3.05) is 27.3 Å². The minimum Gasteiger partial charge on any atom is -0.497 e. The lowest BCUT2D eigenvalue weighted by Crippen LogP contribution is -2.48. The van der Waals surface area contributed by atoms with E-state index in [1.165, 1.54) is 0 Å². The van der Waals surface area contributed by atoms with E-state index in [1.54, 1.807) is 28.0 Å². The number of hydrogen-bond acceptors (Lipinski definition) is 6. The van der Waals surface area contributed by atoms with Crippen molar-refractivity contribution < 1.29 is 23.1 Å². The van der Waals surface area contributed by atoms with Crippen molar-refractivity contribution in [3.05, 3.63) is 46.3 Å². The van der Waals surface area contributed by atoms with Gasteiger partial charge in [0.15, 0.2) is 5.69 Å². The van der Waals surface area contributed by atoms with Crippen molar-refractivity contribution >= 4 is 17.2 Å². The highest BCUT2D eigenvalue weighted by Crippen LogP contribution is 2.43. The van der Waals surface area contributed by atoms with E-state index < -0.39 is 12.6 Å². The Kier molecular flexibility index (Phi) is 4.17. The van der Waals surface area contributed by atoms with Gasteiger partial charge in [-0.1, -0.05) is 0 Å². The molecule has 1 atom stereocenters. The Morgan fingerprint density at radius 1 is 1.42 bits per heavy atom. The van der Waals surface area contributed by atoms with Crippen LogP contribution in [0.5, 0.6) is 11.5 Å². The summed E-state index contributed by atoms with van der Waals surface area (Å²) >= 11 is 1.55. The van der Waals surface area contributed by atoms with Gasteiger partial charge in [0.05, 0.1) is 34.7 Å². The largest absolute Gasteiger partial charge is 0.497 e. The van der Waals surface area contributed by atoms with Crippen molar-refractivity contribution in [1.29, 1.82) is 0 Å². The number of carbonyl (C=O) groups is 1. The first-order valence-electron chi connectivity index (χ1n) is 11.6. The fourth-order valence-electron chi connectivity index (χ4n) is 4.50. The molecule has 0 radical (unpaired) electrons. The molecule has 1 amide bonds. The van der Waals surface area contributed by atoms with Crippen LogP contribution in [0.3, 0.4) is 0 Å². The number of nitrogens with zero attached hydrogens (tertiary/aromatic N) is 3. The minimum atomic E-state index is -2.52. The van der Waals surface area contributed by atoms with Gasteiger partial charge in [0.25, 0.3) is 5.91 Å². The first kappa shape index (κ1) is 16.8. The normalized spacial score (nSPS) is 21.5. The molecule has 1 saturated heterocycles. The molecular formula is C23H25N3O4S. The van der Waals surface area contributed by atoms with Crippen LogP contribution < -0.4 is 9.47 Å². The molecule has 2 aliphatic rings. The van der Waals surface area contributed by atoms with Crippen LogP contribution in [0, 0.1) is 0 Å². The molecule has 162 valence electrons. The molecule has 4 heterocycles. The van der Waals surface area contributed by atoms with Gasteiger partial charge < -0.3 is 19.1 Å². The van der Waals surface area contributed by atoms with E-state index in [4.69, 9.17) is 23.4 Å². The number of carbonyl (C=O) groups excluding carboxylic acids is 1. The molecule has 0 bridgehead atoms. The van der Waals surface area contributed by atoms with Crippen molar-refractivity contribution in [2.24, 2.45) is 0 Å². The molecule has 2 aromatic heterocycles. The van der Waals surface area contributed by atoms with E-state index in [0.717, 1.165) is 23.4 Å². The van der Waals surface area contributed by atoms with E-state index in [0.29, 0.717) is 35.7 Å². The summed E-state index contributed by atoms with van der Waals surface area (Å²) in [5.41, 5.74) is 2.79. The molecule has 7 nitrogen and oxygen atoms in total. The van der Waals surface area contributed by atoms with Gasteiger partial charge in [-0.25, -0.2) is 4.68 Å². The zero-order valence-electron chi connectivity index (χ0n) is 20.4. The monoisotopic (exact) mass is 442 g/mol. The molecule has 3 aromatic rings. The Balaban J connectivity index is 1.58. The molecule has 1 unspecified atom stereocenters. The number of benzene rings is 1. The van der Waals surface area contributed by atoms with E-state index in [2.05, 4.69) is 0 Å². The third kappa shape index (κ3) is 3.21. The summed E-state index contributed by atoms with van der Waals surface area (Å²) in [6.07, 6.45) is 1.42. The highest BCUT2D eigenvalue weighted by molar-refractivity contribution is 7.08. The summed E-state index contributed by atoms with van der Waals surface area (Å²) in [7, 11) is -0.913. The van der Waals surface area contributed by atoms with Crippen molar-refractivity contribution in [1.82, 2.24) is 14.7 Å². The molecule has 31 heavy (non-hydrogen) atoms. The van der Waals surface area contributed by atoms with E-state index in [9.17, 15) is 4.79 Å². The van der Waals surface area contributed by atoms with Crippen LogP contribution in [0.15, 0.2) is 35.0 Å². The Labute approximate surface area is 189 Å². The van der Waals surface area contributed by atoms with E-state index in [-0.39, 0.29) is 19.1 Å². The highest BCUT2D eigenvalue weighted by Gasteiger charge is 2.42. The van der Waals surface area contributed by atoms with Crippen LogP contribution in [0.1, 0.15) is 39.9 Å². The van der Waals surface area contributed by atoms with E-state index in [1.807, 2.05) is 41.9 Å². The number of methoxy groups -OCH3 is 2. The van der Waals surface area contributed by atoms with Crippen LogP contribution >= 0.6 is 11.3 Å². The maximum Gasteiger partial charge on any atom is 0.275 e. The number of hydrogen-bond donors (Lipinski definition) is 0. The SMILES string of the molecule is [2H]C([2H])([2H])OCC1(C)CCCN1C(=O)c1nn(-c2ccsc2)c2c1COc1cc(OC)ccc1-2. The molecule has 0 spiro atoms. The van der Waals surface area contributed by atoms with Gasteiger partial charge in [0.1, 0.15) is 18.1 Å². The van der Waals surface area contributed by atoms with Crippen LogP contribution in [0.2, 0.25) is 0 Å². The zero-order chi connectivity index (χ0) is 24.1. The average Bonchev–Trinajstić information content (AvgIpc) is 3.55. The van der Waals surface area contributed by atoms with Crippen molar-refractivity contribution in [2.45, 2.75) is 31.9 Å². The Morgan fingerprint density at radius 2 is 2.32 bits per heavy atom. The van der Waals surface area contributed by atoms with Crippen molar-refractivity contribution in [3.63, 3.8) is 0 Å². The maximum atomic E-state index is 13.8. The summed E-state index contributed by atoms with van der Waals surface area (Å²) in [4.78, 5) is 15.5. The average molecular weight is 443 g/mol. The number of aromatic nitrogens is 2. The summed E-state index contributed by atoms with van der Waals surface area (Å²) in [6.45, 7) is 2.50. The van der Waals surface area contributed by atoms with Gasteiger partial charge in [-0.3, -0.25) is 4.79 Å². The predicted molar refractivity (Wildman–Crippen MR) is 118 cm³/mol. The first-order valence-corrected chi connectivity index (χ1v) is 11.1. The van der Waals surface area contributed by atoms with Gasteiger partial charge in [-0.15, -0.1) is 0 Å². The Morgan fingerprint density at radius 3 is 3.10 bits per heavy atom. The second-order valence-electron chi connectivity index (χ2n) is 8.07. The quantitative estimate of drug-likeness (QED) is 0.594. The lowest BCUT2D eigenvalue weighted by Gasteiger charge is -2.34. The topological polar surface area (TPSA) is 65.8 Å². The molecule has 0 N–H and O–H groups in total.